The molecule has 0 atom stereocenters. The molecular formula is C21H22BrN3O2S. The Hall–Kier alpha value is -2.12. The second kappa shape index (κ2) is 9.89. The van der Waals surface area contributed by atoms with Crippen LogP contribution < -0.4 is 11.3 Å². The molecule has 0 saturated heterocycles. The molecule has 146 valence electrons. The highest BCUT2D eigenvalue weighted by Crippen LogP contribution is 2.26. The Morgan fingerprint density at radius 3 is 2.61 bits per heavy atom. The zero-order valence-electron chi connectivity index (χ0n) is 15.4. The molecule has 3 aromatic rings. The number of hydrogen-bond donors (Lipinski definition) is 1. The SMILES string of the molecule is NC(=O)CCCCCn1c(SCc2ccccc2Br)nc2ccccc2c1=O. The van der Waals surface area contributed by atoms with E-state index >= 15 is 0 Å². The van der Waals surface area contributed by atoms with Gasteiger partial charge in [0.15, 0.2) is 5.16 Å². The van der Waals surface area contributed by atoms with Gasteiger partial charge in [-0.1, -0.05) is 64.4 Å². The summed E-state index contributed by atoms with van der Waals surface area (Å²) in [7, 11) is 0. The van der Waals surface area contributed by atoms with Gasteiger partial charge in [0, 0.05) is 23.2 Å². The molecule has 0 aliphatic carbocycles. The highest BCUT2D eigenvalue weighted by atomic mass is 79.9. The second-order valence-corrected chi connectivity index (χ2v) is 8.32. The highest BCUT2D eigenvalue weighted by Gasteiger charge is 2.12. The standard InChI is InChI=1S/C21H22BrN3O2S/c22-17-10-5-3-8-15(17)14-28-21-24-18-11-6-4-9-16(18)20(27)25(21)13-7-1-2-12-19(23)26/h3-6,8-11H,1-2,7,12-14H2,(H2,23,26). The molecule has 7 heteroatoms. The summed E-state index contributed by atoms with van der Waals surface area (Å²) in [6, 6.07) is 15.5. The van der Waals surface area contributed by atoms with Crippen LogP contribution in [0.4, 0.5) is 0 Å². The molecule has 28 heavy (non-hydrogen) atoms. The van der Waals surface area contributed by atoms with Gasteiger partial charge < -0.3 is 5.73 Å². The fourth-order valence-corrected chi connectivity index (χ4v) is 4.60. The minimum Gasteiger partial charge on any atom is -0.370 e. The van der Waals surface area contributed by atoms with Crippen molar-refractivity contribution in [1.29, 1.82) is 0 Å². The van der Waals surface area contributed by atoms with Crippen LogP contribution in [0.5, 0.6) is 0 Å². The van der Waals surface area contributed by atoms with Crippen LogP contribution in [0.3, 0.4) is 0 Å². The molecule has 0 spiro atoms. The molecule has 1 aromatic heterocycles. The number of benzene rings is 2. The Balaban J connectivity index is 1.83. The smallest absolute Gasteiger partial charge is 0.262 e. The summed E-state index contributed by atoms with van der Waals surface area (Å²) in [5.74, 6) is 0.433. The quantitative estimate of drug-likeness (QED) is 0.290. The first-order valence-electron chi connectivity index (χ1n) is 9.20. The van der Waals surface area contributed by atoms with Gasteiger partial charge in [-0.3, -0.25) is 14.2 Å². The minimum absolute atomic E-state index is 0.0184. The summed E-state index contributed by atoms with van der Waals surface area (Å²) < 4.78 is 2.80. The third-order valence-electron chi connectivity index (χ3n) is 4.45. The molecular weight excluding hydrogens is 438 g/mol. The Morgan fingerprint density at radius 2 is 1.82 bits per heavy atom. The maximum Gasteiger partial charge on any atom is 0.262 e. The topological polar surface area (TPSA) is 78.0 Å². The lowest BCUT2D eigenvalue weighted by Gasteiger charge is -2.13. The third kappa shape index (κ3) is 5.23. The number of nitrogens with two attached hydrogens (primary N) is 1. The van der Waals surface area contributed by atoms with E-state index in [9.17, 15) is 9.59 Å². The van der Waals surface area contributed by atoms with Gasteiger partial charge in [0.2, 0.25) is 5.91 Å². The molecule has 0 bridgehead atoms. The Morgan fingerprint density at radius 1 is 1.07 bits per heavy atom. The molecule has 0 fully saturated rings. The van der Waals surface area contributed by atoms with Crippen molar-refractivity contribution in [1.82, 2.24) is 9.55 Å². The van der Waals surface area contributed by atoms with Gasteiger partial charge in [-0.2, -0.15) is 0 Å². The van der Waals surface area contributed by atoms with Crippen LogP contribution in [0.15, 0.2) is 63.0 Å². The maximum atomic E-state index is 13.0. The summed E-state index contributed by atoms with van der Waals surface area (Å²) >= 11 is 5.13. The summed E-state index contributed by atoms with van der Waals surface area (Å²) in [4.78, 5) is 28.7. The predicted octanol–water partition coefficient (Wildman–Crippen LogP) is 4.50. The highest BCUT2D eigenvalue weighted by molar-refractivity contribution is 9.10. The van der Waals surface area contributed by atoms with E-state index in [1.807, 2.05) is 42.5 Å². The molecule has 2 aromatic carbocycles. The van der Waals surface area contributed by atoms with Gasteiger partial charge in [0.1, 0.15) is 0 Å². The molecule has 3 rings (SSSR count). The van der Waals surface area contributed by atoms with Crippen LogP contribution in [0.25, 0.3) is 10.9 Å². The largest absolute Gasteiger partial charge is 0.370 e. The van der Waals surface area contributed by atoms with Gasteiger partial charge in [-0.25, -0.2) is 4.98 Å². The number of carbonyl (C=O) groups excluding carboxylic acids is 1. The number of hydrogen-bond acceptors (Lipinski definition) is 4. The van der Waals surface area contributed by atoms with Crippen molar-refractivity contribution in [3.8, 4) is 0 Å². The van der Waals surface area contributed by atoms with Crippen LogP contribution in [-0.2, 0) is 17.1 Å². The molecule has 1 amide bonds. The summed E-state index contributed by atoms with van der Waals surface area (Å²) in [5, 5.41) is 1.35. The number of para-hydroxylation sites is 1. The van der Waals surface area contributed by atoms with E-state index in [2.05, 4.69) is 22.0 Å². The number of unbranched alkanes of at least 4 members (excludes halogenated alkanes) is 2. The van der Waals surface area contributed by atoms with Gasteiger partial charge in [-0.15, -0.1) is 0 Å². The predicted molar refractivity (Wildman–Crippen MR) is 117 cm³/mol. The first kappa shape index (κ1) is 20.6. The molecule has 0 aliphatic heterocycles. The summed E-state index contributed by atoms with van der Waals surface area (Å²) in [6.45, 7) is 0.577. The van der Waals surface area contributed by atoms with E-state index in [1.165, 1.54) is 0 Å². The van der Waals surface area contributed by atoms with E-state index in [0.29, 0.717) is 34.8 Å². The molecule has 0 radical (unpaired) electrons. The Kier molecular flexibility index (Phi) is 7.28. The van der Waals surface area contributed by atoms with E-state index in [0.717, 1.165) is 29.3 Å². The van der Waals surface area contributed by atoms with Crippen molar-refractivity contribution in [3.63, 3.8) is 0 Å². The molecule has 1 heterocycles. The van der Waals surface area contributed by atoms with Gasteiger partial charge >= 0.3 is 0 Å². The number of nitrogens with zero attached hydrogens (tertiary/aromatic N) is 2. The maximum absolute atomic E-state index is 13.0. The number of rotatable bonds is 9. The minimum atomic E-state index is -0.283. The van der Waals surface area contributed by atoms with Crippen molar-refractivity contribution in [2.75, 3.05) is 0 Å². The summed E-state index contributed by atoms with van der Waals surface area (Å²) in [6.07, 6.45) is 2.77. The van der Waals surface area contributed by atoms with E-state index < -0.39 is 0 Å². The number of aromatic nitrogens is 2. The molecule has 0 unspecified atom stereocenters. The van der Waals surface area contributed by atoms with Crippen LogP contribution in [0.1, 0.15) is 31.2 Å². The van der Waals surface area contributed by atoms with Crippen molar-refractivity contribution in [2.45, 2.75) is 43.1 Å². The van der Waals surface area contributed by atoms with Crippen molar-refractivity contribution in [3.05, 3.63) is 68.9 Å². The van der Waals surface area contributed by atoms with Crippen molar-refractivity contribution in [2.24, 2.45) is 5.73 Å². The second-order valence-electron chi connectivity index (χ2n) is 6.53. The van der Waals surface area contributed by atoms with Crippen LogP contribution in [-0.4, -0.2) is 15.5 Å². The first-order chi connectivity index (χ1) is 13.6. The summed E-state index contributed by atoms with van der Waals surface area (Å²) in [5.41, 5.74) is 7.04. The fraction of sp³-hybridized carbons (Fsp3) is 0.286. The van der Waals surface area contributed by atoms with Gasteiger partial charge in [-0.05, 0) is 36.6 Å². The van der Waals surface area contributed by atoms with Crippen LogP contribution in [0.2, 0.25) is 0 Å². The van der Waals surface area contributed by atoms with Crippen molar-refractivity contribution < 1.29 is 4.79 Å². The number of fused-ring (bicyclic) bond motifs is 1. The van der Waals surface area contributed by atoms with E-state index in [1.54, 1.807) is 16.3 Å². The number of primary amides is 1. The van der Waals surface area contributed by atoms with Crippen LogP contribution >= 0.6 is 27.7 Å². The normalized spacial score (nSPS) is 11.0. The third-order valence-corrected chi connectivity index (χ3v) is 6.24. The lowest BCUT2D eigenvalue weighted by Crippen LogP contribution is -2.23. The van der Waals surface area contributed by atoms with Crippen LogP contribution in [0, 0.1) is 0 Å². The lowest BCUT2D eigenvalue weighted by molar-refractivity contribution is -0.118. The van der Waals surface area contributed by atoms with Gasteiger partial charge in [0.05, 0.1) is 10.9 Å². The molecule has 0 saturated carbocycles. The first-order valence-corrected chi connectivity index (χ1v) is 11.0. The number of amides is 1. The molecule has 2 N–H and O–H groups in total. The average Bonchev–Trinajstić information content (AvgIpc) is 2.68. The number of carbonyl (C=O) groups is 1. The molecule has 5 nitrogen and oxygen atoms in total. The Bertz CT molecular complexity index is 1040. The van der Waals surface area contributed by atoms with E-state index in [-0.39, 0.29) is 11.5 Å². The fourth-order valence-electron chi connectivity index (χ4n) is 2.96. The van der Waals surface area contributed by atoms with Gasteiger partial charge in [0.25, 0.3) is 5.56 Å². The number of halogens is 1. The molecule has 0 aliphatic rings. The lowest BCUT2D eigenvalue weighted by atomic mass is 10.2. The Labute approximate surface area is 176 Å². The zero-order valence-corrected chi connectivity index (χ0v) is 17.8. The van der Waals surface area contributed by atoms with Crippen molar-refractivity contribution >= 4 is 44.5 Å². The average molecular weight is 460 g/mol. The van der Waals surface area contributed by atoms with E-state index in [4.69, 9.17) is 10.7 Å². The number of thioether (sulfide) groups is 1. The monoisotopic (exact) mass is 459 g/mol. The zero-order chi connectivity index (χ0) is 19.9.